The molecule has 37 heavy (non-hydrogen) atoms. The number of ether oxygens (including phenoxy) is 1. The van der Waals surface area contributed by atoms with Crippen LogP contribution in [0.4, 0.5) is 11.6 Å². The number of carbonyl (C=O) groups excluding carboxylic acids is 1. The van der Waals surface area contributed by atoms with Crippen LogP contribution in [0.25, 0.3) is 11.1 Å². The molecule has 1 N–H and O–H groups in total. The van der Waals surface area contributed by atoms with E-state index in [4.69, 9.17) is 9.72 Å². The van der Waals surface area contributed by atoms with Crippen LogP contribution in [0, 0.1) is 5.92 Å². The van der Waals surface area contributed by atoms with Crippen molar-refractivity contribution in [3.05, 3.63) is 36.7 Å². The summed E-state index contributed by atoms with van der Waals surface area (Å²) in [6, 6.07) is 8.94. The standard InChI is InChI=1S/C29H42N6O2/c1-2-29(36)31-26-7-5-23(6-8-26)9-11-33-12-14-34(15-13-33)27-20-25(24-4-3-10-30-22-24)21-28(32-27)35-16-18-37-19-17-35/h3-4,10,20-23,26H,2,5-9,11-19H2,1H3,(H,31,36)/t23-,26-. The molecular formula is C29H42N6O2. The molecule has 0 unspecified atom stereocenters. The summed E-state index contributed by atoms with van der Waals surface area (Å²) in [4.78, 5) is 28.5. The van der Waals surface area contributed by atoms with Crippen molar-refractivity contribution in [2.75, 3.05) is 68.8 Å². The van der Waals surface area contributed by atoms with Gasteiger partial charge in [-0.3, -0.25) is 14.7 Å². The molecule has 8 nitrogen and oxygen atoms in total. The number of aromatic nitrogens is 2. The fraction of sp³-hybridized carbons (Fsp3) is 0.621. The quantitative estimate of drug-likeness (QED) is 0.587. The molecule has 1 amide bonds. The molecule has 1 saturated carbocycles. The zero-order valence-electron chi connectivity index (χ0n) is 22.3. The van der Waals surface area contributed by atoms with E-state index < -0.39 is 0 Å². The number of hydrogen-bond donors (Lipinski definition) is 1. The molecule has 2 aromatic heterocycles. The van der Waals surface area contributed by atoms with Crippen LogP contribution in [0.1, 0.15) is 45.4 Å². The van der Waals surface area contributed by atoms with Crippen molar-refractivity contribution >= 4 is 17.5 Å². The van der Waals surface area contributed by atoms with E-state index in [2.05, 4.69) is 43.2 Å². The van der Waals surface area contributed by atoms with Crippen molar-refractivity contribution in [2.45, 2.75) is 51.5 Å². The predicted octanol–water partition coefficient (Wildman–Crippen LogP) is 3.58. The van der Waals surface area contributed by atoms with Gasteiger partial charge in [0.1, 0.15) is 11.6 Å². The highest BCUT2D eigenvalue weighted by molar-refractivity contribution is 5.75. The van der Waals surface area contributed by atoms with Gasteiger partial charge in [-0.25, -0.2) is 4.98 Å². The number of anilines is 2. The van der Waals surface area contributed by atoms with Crippen LogP contribution in [-0.4, -0.2) is 85.8 Å². The van der Waals surface area contributed by atoms with E-state index in [0.717, 1.165) is 88.4 Å². The van der Waals surface area contributed by atoms with E-state index in [9.17, 15) is 4.79 Å². The summed E-state index contributed by atoms with van der Waals surface area (Å²) in [5, 5.41) is 3.18. The van der Waals surface area contributed by atoms with Crippen molar-refractivity contribution in [2.24, 2.45) is 5.92 Å². The second kappa shape index (κ2) is 12.7. The molecule has 1 aliphatic carbocycles. The molecule has 4 heterocycles. The highest BCUT2D eigenvalue weighted by atomic mass is 16.5. The zero-order valence-corrected chi connectivity index (χ0v) is 22.3. The largest absolute Gasteiger partial charge is 0.378 e. The molecule has 0 atom stereocenters. The fourth-order valence-corrected chi connectivity index (χ4v) is 5.81. The lowest BCUT2D eigenvalue weighted by atomic mass is 9.84. The average Bonchev–Trinajstić information content (AvgIpc) is 2.97. The Balaban J connectivity index is 1.16. The van der Waals surface area contributed by atoms with Gasteiger partial charge in [-0.1, -0.05) is 13.0 Å². The normalized spacial score (nSPS) is 23.2. The number of amides is 1. The highest BCUT2D eigenvalue weighted by Crippen LogP contribution is 2.30. The molecule has 0 radical (unpaired) electrons. The first-order valence-corrected chi connectivity index (χ1v) is 14.2. The number of piperazine rings is 1. The molecule has 8 heteroatoms. The Hall–Kier alpha value is -2.71. The molecule has 0 spiro atoms. The number of hydrogen-bond acceptors (Lipinski definition) is 7. The Morgan fingerprint density at radius 1 is 0.973 bits per heavy atom. The third kappa shape index (κ3) is 6.99. The molecule has 2 saturated heterocycles. The zero-order chi connectivity index (χ0) is 25.5. The molecule has 3 fully saturated rings. The van der Waals surface area contributed by atoms with E-state index in [1.165, 1.54) is 31.4 Å². The van der Waals surface area contributed by atoms with Gasteiger partial charge in [-0.2, -0.15) is 0 Å². The molecule has 2 aliphatic heterocycles. The second-order valence-corrected chi connectivity index (χ2v) is 10.7. The van der Waals surface area contributed by atoms with E-state index in [0.29, 0.717) is 12.5 Å². The van der Waals surface area contributed by atoms with E-state index in [1.54, 1.807) is 0 Å². The van der Waals surface area contributed by atoms with Gasteiger partial charge in [-0.05, 0) is 68.3 Å². The number of carbonyl (C=O) groups is 1. The first kappa shape index (κ1) is 25.9. The van der Waals surface area contributed by atoms with Crippen molar-refractivity contribution in [1.29, 1.82) is 0 Å². The third-order valence-corrected chi connectivity index (χ3v) is 8.21. The van der Waals surface area contributed by atoms with Crippen LogP contribution in [0.5, 0.6) is 0 Å². The van der Waals surface area contributed by atoms with Crippen LogP contribution in [-0.2, 0) is 9.53 Å². The summed E-state index contributed by atoms with van der Waals surface area (Å²) < 4.78 is 5.57. The first-order chi connectivity index (χ1) is 18.2. The lowest BCUT2D eigenvalue weighted by Crippen LogP contribution is -2.47. The van der Waals surface area contributed by atoms with Crippen molar-refractivity contribution < 1.29 is 9.53 Å². The fourth-order valence-electron chi connectivity index (χ4n) is 5.81. The van der Waals surface area contributed by atoms with Gasteiger partial charge in [0.15, 0.2) is 0 Å². The number of rotatable bonds is 8. The van der Waals surface area contributed by atoms with Gasteiger partial charge in [0.2, 0.25) is 5.91 Å². The Bertz CT molecular complexity index is 997. The van der Waals surface area contributed by atoms with Crippen LogP contribution >= 0.6 is 0 Å². The van der Waals surface area contributed by atoms with E-state index in [-0.39, 0.29) is 5.91 Å². The van der Waals surface area contributed by atoms with E-state index >= 15 is 0 Å². The number of nitrogens with zero attached hydrogens (tertiary/aromatic N) is 5. The first-order valence-electron chi connectivity index (χ1n) is 14.2. The minimum atomic E-state index is 0.193. The maximum atomic E-state index is 11.7. The Kier molecular flexibility index (Phi) is 8.89. The summed E-state index contributed by atoms with van der Waals surface area (Å²) in [6.45, 7) is 10.5. The maximum absolute atomic E-state index is 11.7. The second-order valence-electron chi connectivity index (χ2n) is 10.7. The van der Waals surface area contributed by atoms with Gasteiger partial charge >= 0.3 is 0 Å². The molecule has 2 aromatic rings. The van der Waals surface area contributed by atoms with Crippen molar-refractivity contribution in [3.63, 3.8) is 0 Å². The predicted molar refractivity (Wildman–Crippen MR) is 148 cm³/mol. The lowest BCUT2D eigenvalue weighted by Gasteiger charge is -2.37. The smallest absolute Gasteiger partial charge is 0.219 e. The average molecular weight is 507 g/mol. The third-order valence-electron chi connectivity index (χ3n) is 8.21. The highest BCUT2D eigenvalue weighted by Gasteiger charge is 2.25. The molecule has 0 bridgehead atoms. The molecular weight excluding hydrogens is 464 g/mol. The van der Waals surface area contributed by atoms with Gasteiger partial charge in [0.25, 0.3) is 0 Å². The van der Waals surface area contributed by atoms with E-state index in [1.807, 2.05) is 25.4 Å². The van der Waals surface area contributed by atoms with Crippen LogP contribution in [0.2, 0.25) is 0 Å². The number of morpholine rings is 1. The summed E-state index contributed by atoms with van der Waals surface area (Å²) in [7, 11) is 0. The monoisotopic (exact) mass is 506 g/mol. The minimum absolute atomic E-state index is 0.193. The van der Waals surface area contributed by atoms with Crippen molar-refractivity contribution in [1.82, 2.24) is 20.2 Å². The summed E-state index contributed by atoms with van der Waals surface area (Å²) in [6.07, 6.45) is 10.4. The Morgan fingerprint density at radius 3 is 2.32 bits per heavy atom. The minimum Gasteiger partial charge on any atom is -0.378 e. The summed E-state index contributed by atoms with van der Waals surface area (Å²) in [5.74, 6) is 3.09. The van der Waals surface area contributed by atoms with Crippen LogP contribution < -0.4 is 15.1 Å². The van der Waals surface area contributed by atoms with Crippen LogP contribution in [0.3, 0.4) is 0 Å². The molecule has 200 valence electrons. The SMILES string of the molecule is CCC(=O)N[C@H]1CC[C@H](CCN2CCN(c3cc(-c4cccnc4)cc(N4CCOCC4)n3)CC2)CC1. The Morgan fingerprint density at radius 2 is 1.68 bits per heavy atom. The van der Waals surface area contributed by atoms with Gasteiger partial charge in [0.05, 0.1) is 13.2 Å². The number of pyridine rings is 2. The van der Waals surface area contributed by atoms with Crippen LogP contribution in [0.15, 0.2) is 36.7 Å². The maximum Gasteiger partial charge on any atom is 0.219 e. The van der Waals surface area contributed by atoms with Gasteiger partial charge in [-0.15, -0.1) is 0 Å². The molecule has 0 aromatic carbocycles. The van der Waals surface area contributed by atoms with Gasteiger partial charge in [0, 0.05) is 69.7 Å². The van der Waals surface area contributed by atoms with Crippen molar-refractivity contribution in [3.8, 4) is 11.1 Å². The summed E-state index contributed by atoms with van der Waals surface area (Å²) in [5.41, 5.74) is 2.30. The number of nitrogens with one attached hydrogen (secondary N) is 1. The topological polar surface area (TPSA) is 73.8 Å². The Labute approximate surface area is 221 Å². The molecule has 3 aliphatic rings. The van der Waals surface area contributed by atoms with Gasteiger partial charge < -0.3 is 19.9 Å². The lowest BCUT2D eigenvalue weighted by molar-refractivity contribution is -0.121. The molecule has 5 rings (SSSR count). The summed E-state index contributed by atoms with van der Waals surface area (Å²) >= 11 is 0.